The molecule has 1 fully saturated rings. The first-order valence-electron chi connectivity index (χ1n) is 9.35. The van der Waals surface area contributed by atoms with Gasteiger partial charge >= 0.3 is 0 Å². The molecule has 0 bridgehead atoms. The predicted octanol–water partition coefficient (Wildman–Crippen LogP) is 2.70. The van der Waals surface area contributed by atoms with Crippen LogP contribution >= 0.6 is 0 Å². The largest absolute Gasteiger partial charge is 0.493 e. The summed E-state index contributed by atoms with van der Waals surface area (Å²) < 4.78 is 10.5. The quantitative estimate of drug-likeness (QED) is 0.767. The SMILES string of the molecule is COc1ccc(CNC(=O)c2cncc(C(=O)NC3CCCC3)c2)cc1OC. The maximum Gasteiger partial charge on any atom is 0.253 e. The molecule has 28 heavy (non-hydrogen) atoms. The van der Waals surface area contributed by atoms with Crippen molar-refractivity contribution >= 4 is 11.8 Å². The normalized spacial score (nSPS) is 13.8. The van der Waals surface area contributed by atoms with E-state index in [4.69, 9.17) is 9.47 Å². The van der Waals surface area contributed by atoms with E-state index in [9.17, 15) is 9.59 Å². The molecule has 3 rings (SSSR count). The van der Waals surface area contributed by atoms with Crippen LogP contribution in [0.4, 0.5) is 0 Å². The molecule has 0 spiro atoms. The summed E-state index contributed by atoms with van der Waals surface area (Å²) in [6.45, 7) is 0.317. The number of methoxy groups -OCH3 is 2. The number of benzene rings is 1. The smallest absolute Gasteiger partial charge is 0.253 e. The first-order chi connectivity index (χ1) is 13.6. The molecule has 0 saturated heterocycles. The van der Waals surface area contributed by atoms with Gasteiger partial charge in [0.15, 0.2) is 11.5 Å². The lowest BCUT2D eigenvalue weighted by molar-refractivity contribution is 0.0937. The lowest BCUT2D eigenvalue weighted by Gasteiger charge is -2.12. The second-order valence-electron chi connectivity index (χ2n) is 6.79. The zero-order chi connectivity index (χ0) is 19.9. The van der Waals surface area contributed by atoms with Crippen molar-refractivity contribution in [2.24, 2.45) is 0 Å². The molecule has 1 heterocycles. The van der Waals surface area contributed by atoms with Gasteiger partial charge in [-0.25, -0.2) is 0 Å². The highest BCUT2D eigenvalue weighted by atomic mass is 16.5. The van der Waals surface area contributed by atoms with E-state index in [0.29, 0.717) is 29.2 Å². The number of ether oxygens (including phenoxy) is 2. The number of nitrogens with one attached hydrogen (secondary N) is 2. The summed E-state index contributed by atoms with van der Waals surface area (Å²) >= 11 is 0. The van der Waals surface area contributed by atoms with Gasteiger partial charge < -0.3 is 20.1 Å². The monoisotopic (exact) mass is 383 g/mol. The van der Waals surface area contributed by atoms with Crippen molar-refractivity contribution in [3.05, 3.63) is 53.3 Å². The molecule has 2 N–H and O–H groups in total. The minimum absolute atomic E-state index is 0.186. The average molecular weight is 383 g/mol. The molecule has 1 aliphatic carbocycles. The molecule has 7 heteroatoms. The van der Waals surface area contributed by atoms with Crippen LogP contribution < -0.4 is 20.1 Å². The van der Waals surface area contributed by atoms with E-state index in [-0.39, 0.29) is 17.9 Å². The van der Waals surface area contributed by atoms with Crippen LogP contribution in [0.3, 0.4) is 0 Å². The van der Waals surface area contributed by atoms with E-state index in [1.807, 2.05) is 12.1 Å². The summed E-state index contributed by atoms with van der Waals surface area (Å²) in [5.74, 6) is 0.746. The second kappa shape index (κ2) is 9.21. The standard InChI is InChI=1S/C21H25N3O4/c1-27-18-8-7-14(9-19(18)28-2)11-23-20(25)15-10-16(13-22-12-15)21(26)24-17-5-3-4-6-17/h7-10,12-13,17H,3-6,11H2,1-2H3,(H,23,25)(H,24,26). The van der Waals surface area contributed by atoms with Gasteiger partial charge in [0.05, 0.1) is 25.3 Å². The third kappa shape index (κ3) is 4.79. The number of rotatable bonds is 7. The van der Waals surface area contributed by atoms with Crippen LogP contribution in [-0.2, 0) is 6.54 Å². The Balaban J connectivity index is 1.62. The molecule has 0 unspecified atom stereocenters. The van der Waals surface area contributed by atoms with Crippen LogP contribution in [-0.4, -0.2) is 37.1 Å². The fraction of sp³-hybridized carbons (Fsp3) is 0.381. The van der Waals surface area contributed by atoms with Gasteiger partial charge in [-0.15, -0.1) is 0 Å². The van der Waals surface area contributed by atoms with Crippen molar-refractivity contribution in [2.45, 2.75) is 38.3 Å². The number of carbonyl (C=O) groups excluding carboxylic acids is 2. The van der Waals surface area contributed by atoms with E-state index >= 15 is 0 Å². The Morgan fingerprint density at radius 2 is 1.68 bits per heavy atom. The first kappa shape index (κ1) is 19.7. The molecule has 7 nitrogen and oxygen atoms in total. The molecule has 1 aromatic carbocycles. The summed E-state index contributed by atoms with van der Waals surface area (Å²) in [4.78, 5) is 28.9. The third-order valence-electron chi connectivity index (χ3n) is 4.85. The summed E-state index contributed by atoms with van der Waals surface area (Å²) in [5.41, 5.74) is 1.61. The van der Waals surface area contributed by atoms with E-state index in [1.165, 1.54) is 12.4 Å². The van der Waals surface area contributed by atoms with Crippen molar-refractivity contribution in [1.82, 2.24) is 15.6 Å². The van der Waals surface area contributed by atoms with Gasteiger partial charge in [0, 0.05) is 25.0 Å². The second-order valence-corrected chi connectivity index (χ2v) is 6.79. The van der Waals surface area contributed by atoms with Gasteiger partial charge in [0.1, 0.15) is 0 Å². The van der Waals surface area contributed by atoms with Gasteiger partial charge in [-0.05, 0) is 36.6 Å². The molecule has 0 radical (unpaired) electrons. The Morgan fingerprint density at radius 1 is 1.00 bits per heavy atom. The van der Waals surface area contributed by atoms with Gasteiger partial charge in [0.2, 0.25) is 0 Å². The highest BCUT2D eigenvalue weighted by molar-refractivity contribution is 5.99. The minimum Gasteiger partial charge on any atom is -0.493 e. The number of pyridine rings is 1. The highest BCUT2D eigenvalue weighted by Gasteiger charge is 2.19. The molecular weight excluding hydrogens is 358 g/mol. The topological polar surface area (TPSA) is 89.5 Å². The van der Waals surface area contributed by atoms with Gasteiger partial charge in [-0.2, -0.15) is 0 Å². The molecule has 1 aromatic heterocycles. The summed E-state index contributed by atoms with van der Waals surface area (Å²) in [6, 6.07) is 7.24. The average Bonchev–Trinajstić information content (AvgIpc) is 3.24. The van der Waals surface area contributed by atoms with Crippen molar-refractivity contribution in [1.29, 1.82) is 0 Å². The van der Waals surface area contributed by atoms with Crippen molar-refractivity contribution in [3.63, 3.8) is 0 Å². The van der Waals surface area contributed by atoms with Crippen LogP contribution in [0.15, 0.2) is 36.7 Å². The first-order valence-corrected chi connectivity index (χ1v) is 9.35. The zero-order valence-electron chi connectivity index (χ0n) is 16.2. The Morgan fingerprint density at radius 3 is 2.36 bits per heavy atom. The van der Waals surface area contributed by atoms with Crippen LogP contribution in [0.2, 0.25) is 0 Å². The minimum atomic E-state index is -0.294. The van der Waals surface area contributed by atoms with Crippen molar-refractivity contribution < 1.29 is 19.1 Å². The van der Waals surface area contributed by atoms with Gasteiger partial charge in [0.25, 0.3) is 11.8 Å². The lowest BCUT2D eigenvalue weighted by Crippen LogP contribution is -2.33. The van der Waals surface area contributed by atoms with Crippen LogP contribution in [0, 0.1) is 0 Å². The number of hydrogen-bond acceptors (Lipinski definition) is 5. The number of nitrogens with zero attached hydrogens (tertiary/aromatic N) is 1. The van der Waals surface area contributed by atoms with Crippen LogP contribution in [0.1, 0.15) is 52.0 Å². The predicted molar refractivity (Wildman–Crippen MR) is 105 cm³/mol. The van der Waals surface area contributed by atoms with E-state index < -0.39 is 0 Å². The molecular formula is C21H25N3O4. The van der Waals surface area contributed by atoms with Crippen molar-refractivity contribution in [2.75, 3.05) is 14.2 Å². The molecule has 0 aliphatic heterocycles. The van der Waals surface area contributed by atoms with Crippen LogP contribution in [0.5, 0.6) is 11.5 Å². The summed E-state index contributed by atoms with van der Waals surface area (Å²) in [5, 5.41) is 5.84. The summed E-state index contributed by atoms with van der Waals surface area (Å²) in [7, 11) is 3.14. The molecule has 1 saturated carbocycles. The molecule has 148 valence electrons. The Labute approximate surface area is 164 Å². The number of amides is 2. The number of aromatic nitrogens is 1. The van der Waals surface area contributed by atoms with E-state index in [2.05, 4.69) is 15.6 Å². The third-order valence-corrected chi connectivity index (χ3v) is 4.85. The van der Waals surface area contributed by atoms with Gasteiger partial charge in [-0.1, -0.05) is 18.9 Å². The van der Waals surface area contributed by atoms with Gasteiger partial charge in [-0.3, -0.25) is 14.6 Å². The number of carbonyl (C=O) groups is 2. The highest BCUT2D eigenvalue weighted by Crippen LogP contribution is 2.27. The Bertz CT molecular complexity index is 847. The van der Waals surface area contributed by atoms with E-state index in [0.717, 1.165) is 31.2 Å². The fourth-order valence-corrected chi connectivity index (χ4v) is 3.30. The van der Waals surface area contributed by atoms with Crippen LogP contribution in [0.25, 0.3) is 0 Å². The van der Waals surface area contributed by atoms with Crippen molar-refractivity contribution in [3.8, 4) is 11.5 Å². The molecule has 1 aliphatic rings. The maximum absolute atomic E-state index is 12.5. The Hall–Kier alpha value is -3.09. The zero-order valence-corrected chi connectivity index (χ0v) is 16.2. The molecule has 2 aromatic rings. The number of hydrogen-bond donors (Lipinski definition) is 2. The molecule has 0 atom stereocenters. The fourth-order valence-electron chi connectivity index (χ4n) is 3.30. The molecule has 2 amide bonds. The Kier molecular flexibility index (Phi) is 6.47. The summed E-state index contributed by atoms with van der Waals surface area (Å²) in [6.07, 6.45) is 7.23. The maximum atomic E-state index is 12.5. The van der Waals surface area contributed by atoms with E-state index in [1.54, 1.807) is 26.4 Å². The lowest BCUT2D eigenvalue weighted by atomic mass is 10.1.